The highest BCUT2D eigenvalue weighted by Gasteiger charge is 2.34. The quantitative estimate of drug-likeness (QED) is 0.102. The average molecular weight is 464 g/mol. The van der Waals surface area contributed by atoms with Gasteiger partial charge >= 0.3 is 5.97 Å². The standard InChI is InChI=1S/C26H38ClNO4/c1-2-3-6-10-25(29)21-14-12-20(13-15-21)22-16-17-24(27)23(22)9-7-4-5-8-11-26(30)32-19-18-28-31/h4,7,12-15,22-25,29H,2-3,5-6,8-11,16-19H2,1H3/b7-4-/t22?,23?,24-,25?/m1/s1. The molecule has 4 atom stereocenters. The summed E-state index contributed by atoms with van der Waals surface area (Å²) < 4.78 is 4.90. The molecule has 0 radical (unpaired) electrons. The topological polar surface area (TPSA) is 76.0 Å². The van der Waals surface area contributed by atoms with Crippen LogP contribution in [0.2, 0.25) is 0 Å². The van der Waals surface area contributed by atoms with E-state index in [4.69, 9.17) is 16.3 Å². The fraction of sp³-hybridized carbons (Fsp3) is 0.654. The van der Waals surface area contributed by atoms with Crippen molar-refractivity contribution in [1.82, 2.24) is 0 Å². The van der Waals surface area contributed by atoms with Gasteiger partial charge in [-0.3, -0.25) is 4.79 Å². The molecule has 32 heavy (non-hydrogen) atoms. The summed E-state index contributed by atoms with van der Waals surface area (Å²) in [6, 6.07) is 8.48. The number of ether oxygens (including phenoxy) is 1. The van der Waals surface area contributed by atoms with Crippen LogP contribution in [0.3, 0.4) is 0 Å². The lowest BCUT2D eigenvalue weighted by Gasteiger charge is -2.21. The second-order valence-electron chi connectivity index (χ2n) is 8.71. The maximum Gasteiger partial charge on any atom is 0.305 e. The van der Waals surface area contributed by atoms with E-state index in [0.29, 0.717) is 18.3 Å². The van der Waals surface area contributed by atoms with Gasteiger partial charge in [0.1, 0.15) is 13.2 Å². The maximum absolute atomic E-state index is 11.5. The van der Waals surface area contributed by atoms with Crippen LogP contribution < -0.4 is 0 Å². The number of nitroso groups, excluding NO2 is 1. The first-order valence-electron chi connectivity index (χ1n) is 12.1. The van der Waals surface area contributed by atoms with Crippen molar-refractivity contribution in [3.05, 3.63) is 52.5 Å². The molecule has 1 aromatic rings. The van der Waals surface area contributed by atoms with Crippen LogP contribution in [-0.2, 0) is 9.53 Å². The van der Waals surface area contributed by atoms with Gasteiger partial charge in [-0.1, -0.05) is 67.8 Å². The maximum atomic E-state index is 11.5. The zero-order valence-corrected chi connectivity index (χ0v) is 20.0. The minimum atomic E-state index is -0.377. The van der Waals surface area contributed by atoms with Crippen molar-refractivity contribution in [3.63, 3.8) is 0 Å². The average Bonchev–Trinajstić information content (AvgIpc) is 3.16. The third-order valence-electron chi connectivity index (χ3n) is 6.34. The Balaban J connectivity index is 1.79. The van der Waals surface area contributed by atoms with Crippen LogP contribution in [-0.4, -0.2) is 29.6 Å². The number of esters is 1. The Morgan fingerprint density at radius 1 is 1.22 bits per heavy atom. The van der Waals surface area contributed by atoms with Gasteiger partial charge in [0.15, 0.2) is 0 Å². The largest absolute Gasteiger partial charge is 0.464 e. The lowest BCUT2D eigenvalue weighted by Crippen LogP contribution is -2.13. The number of unbranched alkanes of at least 4 members (excludes halogenated alkanes) is 3. The number of hydrogen-bond acceptors (Lipinski definition) is 5. The molecule has 0 spiro atoms. The van der Waals surface area contributed by atoms with Crippen molar-refractivity contribution in [2.24, 2.45) is 11.1 Å². The number of alkyl halides is 1. The molecule has 0 saturated heterocycles. The normalized spacial score (nSPS) is 21.7. The summed E-state index contributed by atoms with van der Waals surface area (Å²) in [6.45, 7) is 2.25. The van der Waals surface area contributed by atoms with Gasteiger partial charge in [-0.15, -0.1) is 11.6 Å². The second-order valence-corrected chi connectivity index (χ2v) is 9.28. The lowest BCUT2D eigenvalue weighted by molar-refractivity contribution is -0.143. The molecule has 2 rings (SSSR count). The lowest BCUT2D eigenvalue weighted by atomic mass is 9.85. The highest BCUT2D eigenvalue weighted by atomic mass is 35.5. The Morgan fingerprint density at radius 2 is 2.00 bits per heavy atom. The highest BCUT2D eigenvalue weighted by Crippen LogP contribution is 2.44. The van der Waals surface area contributed by atoms with Gasteiger partial charge < -0.3 is 9.84 Å². The second kappa shape index (κ2) is 15.2. The molecule has 5 nitrogen and oxygen atoms in total. The molecule has 1 fully saturated rings. The molecule has 1 aromatic carbocycles. The van der Waals surface area contributed by atoms with Gasteiger partial charge in [0, 0.05) is 11.8 Å². The minimum absolute atomic E-state index is 0.00998. The molecule has 1 aliphatic carbocycles. The molecule has 0 bridgehead atoms. The van der Waals surface area contributed by atoms with Gasteiger partial charge in [0.25, 0.3) is 0 Å². The van der Waals surface area contributed by atoms with E-state index >= 15 is 0 Å². The van der Waals surface area contributed by atoms with E-state index in [-0.39, 0.29) is 30.6 Å². The molecule has 1 aliphatic rings. The first kappa shape index (κ1) is 26.5. The van der Waals surface area contributed by atoms with Crippen molar-refractivity contribution >= 4 is 17.6 Å². The predicted molar refractivity (Wildman–Crippen MR) is 130 cm³/mol. The first-order valence-corrected chi connectivity index (χ1v) is 12.5. The number of nitrogens with zero attached hydrogens (tertiary/aromatic N) is 1. The van der Waals surface area contributed by atoms with Gasteiger partial charge in [0.2, 0.25) is 0 Å². The Morgan fingerprint density at radius 3 is 2.72 bits per heavy atom. The number of benzene rings is 1. The van der Waals surface area contributed by atoms with Crippen molar-refractivity contribution in [2.45, 2.75) is 88.5 Å². The molecular weight excluding hydrogens is 426 g/mol. The summed E-state index contributed by atoms with van der Waals surface area (Å²) in [5.74, 6) is 0.557. The number of halogens is 1. The van der Waals surface area contributed by atoms with Crippen molar-refractivity contribution in [1.29, 1.82) is 0 Å². The zero-order chi connectivity index (χ0) is 23.2. The van der Waals surface area contributed by atoms with Gasteiger partial charge in [-0.2, -0.15) is 4.91 Å². The van der Waals surface area contributed by atoms with E-state index in [1.807, 2.05) is 0 Å². The number of hydrogen-bond donors (Lipinski definition) is 1. The van der Waals surface area contributed by atoms with Crippen LogP contribution in [0.5, 0.6) is 0 Å². The smallest absolute Gasteiger partial charge is 0.305 e. The van der Waals surface area contributed by atoms with E-state index in [2.05, 4.69) is 48.5 Å². The Kier molecular flexibility index (Phi) is 12.6. The minimum Gasteiger partial charge on any atom is -0.464 e. The van der Waals surface area contributed by atoms with E-state index < -0.39 is 0 Å². The number of carbonyl (C=O) groups excluding carboxylic acids is 1. The van der Waals surface area contributed by atoms with Crippen molar-refractivity contribution in [2.75, 3.05) is 13.2 Å². The third-order valence-corrected chi connectivity index (χ3v) is 6.88. The van der Waals surface area contributed by atoms with E-state index in [9.17, 15) is 14.8 Å². The molecule has 1 N–H and O–H groups in total. The number of rotatable bonds is 15. The summed E-state index contributed by atoms with van der Waals surface area (Å²) in [6.07, 6.45) is 13.1. The SMILES string of the molecule is CCCCCC(O)c1ccc(C2CC[C@@H](Cl)C2C/C=C\CCCC(=O)OCCN=O)cc1. The number of aliphatic hydroxyl groups is 1. The summed E-state index contributed by atoms with van der Waals surface area (Å²) in [5, 5.41) is 13.2. The number of allylic oxidation sites excluding steroid dienone is 2. The molecule has 0 aliphatic heterocycles. The van der Waals surface area contributed by atoms with Gasteiger partial charge in [-0.05, 0) is 61.5 Å². The Hall–Kier alpha value is -1.72. The fourth-order valence-electron chi connectivity index (χ4n) is 4.47. The number of aliphatic hydroxyl groups excluding tert-OH is 1. The van der Waals surface area contributed by atoms with E-state index in [1.54, 1.807) is 0 Å². The molecule has 0 aromatic heterocycles. The highest BCUT2D eigenvalue weighted by molar-refractivity contribution is 6.21. The number of carbonyl (C=O) groups is 1. The van der Waals surface area contributed by atoms with Crippen molar-refractivity contribution in [3.8, 4) is 0 Å². The monoisotopic (exact) mass is 463 g/mol. The van der Waals surface area contributed by atoms with Crippen LogP contribution in [0.4, 0.5) is 0 Å². The molecule has 3 unspecified atom stereocenters. The van der Waals surface area contributed by atoms with Crippen LogP contribution in [0.25, 0.3) is 0 Å². The van der Waals surface area contributed by atoms with Crippen molar-refractivity contribution < 1.29 is 14.6 Å². The van der Waals surface area contributed by atoms with Crippen LogP contribution >= 0.6 is 11.6 Å². The summed E-state index contributed by atoms with van der Waals surface area (Å²) in [4.78, 5) is 21.5. The predicted octanol–water partition coefficient (Wildman–Crippen LogP) is 6.83. The Labute approximate surface area is 197 Å². The van der Waals surface area contributed by atoms with Gasteiger partial charge in [0.05, 0.1) is 6.10 Å². The zero-order valence-electron chi connectivity index (χ0n) is 19.3. The summed E-state index contributed by atoms with van der Waals surface area (Å²) in [5.41, 5.74) is 2.31. The molecular formula is C26H38ClNO4. The molecule has 1 saturated carbocycles. The fourth-order valence-corrected chi connectivity index (χ4v) is 4.87. The molecule has 0 heterocycles. The Bertz CT molecular complexity index is 706. The molecule has 178 valence electrons. The third kappa shape index (κ3) is 9.03. The van der Waals surface area contributed by atoms with E-state index in [0.717, 1.165) is 63.4 Å². The summed E-state index contributed by atoms with van der Waals surface area (Å²) >= 11 is 6.65. The molecule has 0 amide bonds. The first-order chi connectivity index (χ1) is 15.6. The van der Waals surface area contributed by atoms with Gasteiger partial charge in [-0.25, -0.2) is 0 Å². The van der Waals surface area contributed by atoms with Crippen LogP contribution in [0.1, 0.15) is 94.3 Å². The molecule has 6 heteroatoms. The summed E-state index contributed by atoms with van der Waals surface area (Å²) in [7, 11) is 0. The van der Waals surface area contributed by atoms with Crippen LogP contribution in [0.15, 0.2) is 41.6 Å². The van der Waals surface area contributed by atoms with E-state index in [1.165, 1.54) is 5.56 Å². The van der Waals surface area contributed by atoms with Crippen LogP contribution in [0, 0.1) is 10.8 Å².